The number of nitrogens with zero attached hydrogens (tertiary/aromatic N) is 1. The molecule has 1 fully saturated rings. The van der Waals surface area contributed by atoms with Gasteiger partial charge >= 0.3 is 0 Å². The van der Waals surface area contributed by atoms with Gasteiger partial charge in [-0.15, -0.1) is 0 Å². The summed E-state index contributed by atoms with van der Waals surface area (Å²) in [5.74, 6) is -0.679. The molecule has 1 aromatic heterocycles. The van der Waals surface area contributed by atoms with Crippen LogP contribution in [0.1, 0.15) is 29.0 Å². The van der Waals surface area contributed by atoms with Gasteiger partial charge in [-0.2, -0.15) is 0 Å². The lowest BCUT2D eigenvalue weighted by molar-refractivity contribution is -0.124. The summed E-state index contributed by atoms with van der Waals surface area (Å²) < 4.78 is 18.2. The van der Waals surface area contributed by atoms with Crippen LogP contribution in [0.5, 0.6) is 5.75 Å². The van der Waals surface area contributed by atoms with Gasteiger partial charge in [-0.3, -0.25) is 14.4 Å². The Balaban J connectivity index is 1.63. The van der Waals surface area contributed by atoms with Crippen molar-refractivity contribution >= 4 is 11.8 Å². The molecule has 2 aromatic rings. The molecule has 3 rings (SSSR count). The maximum absolute atomic E-state index is 12.8. The first-order valence-electron chi connectivity index (χ1n) is 8.08. The molecule has 8 nitrogen and oxygen atoms in total. The van der Waals surface area contributed by atoms with Crippen molar-refractivity contribution in [3.8, 4) is 5.75 Å². The van der Waals surface area contributed by atoms with Crippen molar-refractivity contribution in [1.29, 1.82) is 0 Å². The highest BCUT2D eigenvalue weighted by Crippen LogP contribution is 2.12. The van der Waals surface area contributed by atoms with E-state index in [-0.39, 0.29) is 29.7 Å². The summed E-state index contributed by atoms with van der Waals surface area (Å²) in [5.41, 5.74) is -0.819. The Morgan fingerprint density at radius 2 is 2.08 bits per heavy atom. The average molecular weight is 360 g/mol. The summed E-state index contributed by atoms with van der Waals surface area (Å²) in [5, 5.41) is 5.18. The van der Waals surface area contributed by atoms with Gasteiger partial charge in [0.25, 0.3) is 11.5 Å². The Hall–Kier alpha value is -3.23. The Kier molecular flexibility index (Phi) is 5.26. The minimum Gasteiger partial charge on any atom is -0.486 e. The molecule has 2 heterocycles. The fourth-order valence-corrected chi connectivity index (χ4v) is 2.50. The predicted molar refractivity (Wildman–Crippen MR) is 89.1 cm³/mol. The number of ether oxygens (including phenoxy) is 1. The lowest BCUT2D eigenvalue weighted by Gasteiger charge is -2.22. The molecule has 0 bridgehead atoms. The molecule has 0 aliphatic carbocycles. The van der Waals surface area contributed by atoms with Crippen LogP contribution in [0.3, 0.4) is 0 Å². The number of halogens is 1. The number of hydrogen-bond acceptors (Lipinski definition) is 5. The first-order chi connectivity index (χ1) is 12.5. The topological polar surface area (TPSA) is 113 Å². The summed E-state index contributed by atoms with van der Waals surface area (Å²) in [6.45, 7) is 0.532. The largest absolute Gasteiger partial charge is 0.486 e. The quantitative estimate of drug-likeness (QED) is 0.718. The molecule has 9 heteroatoms. The molecular weight excluding hydrogens is 343 g/mol. The summed E-state index contributed by atoms with van der Waals surface area (Å²) in [7, 11) is 0. The van der Waals surface area contributed by atoms with E-state index in [2.05, 4.69) is 20.6 Å². The predicted octanol–water partition coefficient (Wildman–Crippen LogP) is 0.496. The van der Waals surface area contributed by atoms with Crippen molar-refractivity contribution < 1.29 is 18.7 Å². The molecule has 1 atom stereocenters. The fourth-order valence-electron chi connectivity index (χ4n) is 2.50. The Labute approximate surface area is 147 Å². The van der Waals surface area contributed by atoms with Crippen molar-refractivity contribution in [1.82, 2.24) is 20.6 Å². The lowest BCUT2D eigenvalue weighted by Crippen LogP contribution is -2.50. The van der Waals surface area contributed by atoms with Crippen LogP contribution in [0.25, 0.3) is 0 Å². The standard InChI is InChI=1S/C17H17FN4O4/c18-10-3-5-11(6-4-10)26-9-14-20-8-12(16(24)22-14)15(23)21-13-2-1-7-19-17(13)25/h3-6,8,13H,1-2,7,9H2,(H,19,25)(H,21,23)(H,20,22,24)/t13-/m1/s1. The second-order valence-corrected chi connectivity index (χ2v) is 5.77. The van der Waals surface area contributed by atoms with Crippen molar-refractivity contribution in [2.24, 2.45) is 0 Å². The molecule has 1 aliphatic heterocycles. The molecule has 1 aliphatic rings. The summed E-state index contributed by atoms with van der Waals surface area (Å²) in [4.78, 5) is 42.4. The highest BCUT2D eigenvalue weighted by molar-refractivity contribution is 5.97. The molecule has 2 amide bonds. The molecule has 0 spiro atoms. The van der Waals surface area contributed by atoms with Gasteiger partial charge in [0.1, 0.15) is 35.6 Å². The van der Waals surface area contributed by atoms with Gasteiger partial charge in [-0.1, -0.05) is 0 Å². The van der Waals surface area contributed by atoms with E-state index in [1.807, 2.05) is 0 Å². The molecule has 1 saturated heterocycles. The van der Waals surface area contributed by atoms with E-state index in [1.54, 1.807) is 0 Å². The third-order valence-corrected chi connectivity index (χ3v) is 3.88. The molecule has 3 N–H and O–H groups in total. The van der Waals surface area contributed by atoms with Crippen molar-refractivity contribution in [3.05, 3.63) is 58.0 Å². The van der Waals surface area contributed by atoms with Gasteiger partial charge in [0.2, 0.25) is 5.91 Å². The minimum absolute atomic E-state index is 0.0478. The molecule has 136 valence electrons. The Morgan fingerprint density at radius 3 is 2.77 bits per heavy atom. The third-order valence-electron chi connectivity index (χ3n) is 3.88. The highest BCUT2D eigenvalue weighted by Gasteiger charge is 2.25. The lowest BCUT2D eigenvalue weighted by atomic mass is 10.1. The third kappa shape index (κ3) is 4.24. The smallest absolute Gasteiger partial charge is 0.263 e. The number of nitrogens with one attached hydrogen (secondary N) is 3. The maximum Gasteiger partial charge on any atom is 0.263 e. The second-order valence-electron chi connectivity index (χ2n) is 5.77. The average Bonchev–Trinajstić information content (AvgIpc) is 2.63. The molecule has 1 aromatic carbocycles. The zero-order valence-electron chi connectivity index (χ0n) is 13.8. The van der Waals surface area contributed by atoms with Gasteiger partial charge in [0.05, 0.1) is 0 Å². The van der Waals surface area contributed by atoms with E-state index in [1.165, 1.54) is 24.3 Å². The number of benzene rings is 1. The number of aromatic amines is 1. The van der Waals surface area contributed by atoms with Crippen molar-refractivity contribution in [3.63, 3.8) is 0 Å². The summed E-state index contributed by atoms with van der Waals surface area (Å²) in [6, 6.07) is 4.74. The minimum atomic E-state index is -0.660. The monoisotopic (exact) mass is 360 g/mol. The van der Waals surface area contributed by atoms with Crippen LogP contribution < -0.4 is 20.9 Å². The van der Waals surface area contributed by atoms with Crippen LogP contribution in [0, 0.1) is 5.82 Å². The molecule has 26 heavy (non-hydrogen) atoms. The van der Waals surface area contributed by atoms with Crippen LogP contribution in [0.2, 0.25) is 0 Å². The molecular formula is C17H17FN4O4. The maximum atomic E-state index is 12.8. The first-order valence-corrected chi connectivity index (χ1v) is 8.08. The van der Waals surface area contributed by atoms with Crippen LogP contribution in [0.15, 0.2) is 35.3 Å². The number of H-pyrrole nitrogens is 1. The number of piperidine rings is 1. The van der Waals surface area contributed by atoms with Crippen LogP contribution in [0.4, 0.5) is 4.39 Å². The number of amides is 2. The van der Waals surface area contributed by atoms with Crippen LogP contribution in [-0.2, 0) is 11.4 Å². The Bertz CT molecular complexity index is 866. The SMILES string of the molecule is O=C(N[C@@H]1CCCNC1=O)c1cnc(COc2ccc(F)cc2)[nH]c1=O. The van der Waals surface area contributed by atoms with Gasteiger partial charge < -0.3 is 20.4 Å². The fraction of sp³-hybridized carbons (Fsp3) is 0.294. The van der Waals surface area contributed by atoms with Gasteiger partial charge in [0.15, 0.2) is 0 Å². The highest BCUT2D eigenvalue weighted by atomic mass is 19.1. The second kappa shape index (κ2) is 7.77. The van der Waals surface area contributed by atoms with Crippen LogP contribution >= 0.6 is 0 Å². The van der Waals surface area contributed by atoms with E-state index < -0.39 is 17.5 Å². The van der Waals surface area contributed by atoms with Crippen molar-refractivity contribution in [2.45, 2.75) is 25.5 Å². The summed E-state index contributed by atoms with van der Waals surface area (Å²) in [6.07, 6.45) is 2.41. The van der Waals surface area contributed by atoms with E-state index >= 15 is 0 Å². The zero-order chi connectivity index (χ0) is 18.5. The number of carbonyl (C=O) groups is 2. The van der Waals surface area contributed by atoms with Gasteiger partial charge in [-0.05, 0) is 37.1 Å². The number of hydrogen-bond donors (Lipinski definition) is 3. The van der Waals surface area contributed by atoms with Crippen molar-refractivity contribution in [2.75, 3.05) is 6.54 Å². The summed E-state index contributed by atoms with van der Waals surface area (Å²) >= 11 is 0. The molecule has 0 unspecified atom stereocenters. The van der Waals surface area contributed by atoms with Gasteiger partial charge in [0, 0.05) is 12.7 Å². The van der Waals surface area contributed by atoms with E-state index in [4.69, 9.17) is 4.74 Å². The number of aromatic nitrogens is 2. The first kappa shape index (κ1) is 17.6. The van der Waals surface area contributed by atoms with E-state index in [0.29, 0.717) is 18.7 Å². The van der Waals surface area contributed by atoms with E-state index in [0.717, 1.165) is 12.6 Å². The number of rotatable bonds is 5. The zero-order valence-corrected chi connectivity index (χ0v) is 13.8. The molecule has 0 saturated carbocycles. The van der Waals surface area contributed by atoms with Gasteiger partial charge in [-0.25, -0.2) is 9.37 Å². The molecule has 0 radical (unpaired) electrons. The number of carbonyl (C=O) groups excluding carboxylic acids is 2. The normalized spacial score (nSPS) is 16.7. The Morgan fingerprint density at radius 1 is 1.31 bits per heavy atom. The van der Waals surface area contributed by atoms with E-state index in [9.17, 15) is 18.8 Å². The van der Waals surface area contributed by atoms with Crippen LogP contribution in [-0.4, -0.2) is 34.4 Å².